The van der Waals surface area contributed by atoms with Gasteiger partial charge in [-0.2, -0.15) is 4.98 Å². The average molecular weight is 239 g/mol. The second kappa shape index (κ2) is 5.60. The van der Waals surface area contributed by atoms with Crippen LogP contribution in [0.5, 0.6) is 0 Å². The third kappa shape index (κ3) is 2.84. The van der Waals surface area contributed by atoms with Crippen molar-refractivity contribution in [2.24, 2.45) is 5.73 Å². The average Bonchev–Trinajstić information content (AvgIpc) is 2.80. The molecule has 0 aliphatic carbocycles. The summed E-state index contributed by atoms with van der Waals surface area (Å²) in [5.41, 5.74) is 5.92. The Morgan fingerprint density at radius 3 is 2.71 bits per heavy atom. The van der Waals surface area contributed by atoms with Crippen LogP contribution in [-0.2, 0) is 4.74 Å². The van der Waals surface area contributed by atoms with Crippen molar-refractivity contribution in [2.45, 2.75) is 51.0 Å². The zero-order chi connectivity index (χ0) is 12.3. The van der Waals surface area contributed by atoms with Gasteiger partial charge in [0.25, 0.3) is 0 Å². The van der Waals surface area contributed by atoms with E-state index in [-0.39, 0.29) is 12.0 Å². The Morgan fingerprint density at radius 1 is 1.41 bits per heavy atom. The fourth-order valence-corrected chi connectivity index (χ4v) is 2.29. The van der Waals surface area contributed by atoms with Crippen molar-refractivity contribution in [3.8, 4) is 0 Å². The zero-order valence-corrected chi connectivity index (χ0v) is 10.6. The molecule has 96 valence electrons. The molecule has 0 amide bonds. The Kier molecular flexibility index (Phi) is 4.12. The second-order valence-electron chi connectivity index (χ2n) is 4.75. The molecular weight excluding hydrogens is 218 g/mol. The fraction of sp³-hybridized carbons (Fsp3) is 0.833. The van der Waals surface area contributed by atoms with E-state index < -0.39 is 0 Å². The maximum Gasteiger partial charge on any atom is 0.231 e. The molecule has 0 spiro atoms. The van der Waals surface area contributed by atoms with Crippen LogP contribution in [0.4, 0.5) is 0 Å². The molecule has 2 unspecified atom stereocenters. The summed E-state index contributed by atoms with van der Waals surface area (Å²) in [6.07, 6.45) is 2.88. The van der Waals surface area contributed by atoms with Crippen molar-refractivity contribution in [2.75, 3.05) is 13.2 Å². The van der Waals surface area contributed by atoms with Crippen molar-refractivity contribution < 1.29 is 9.26 Å². The molecule has 5 nitrogen and oxygen atoms in total. The molecule has 2 heterocycles. The van der Waals surface area contributed by atoms with Gasteiger partial charge in [-0.05, 0) is 26.2 Å². The molecule has 2 atom stereocenters. The molecule has 0 radical (unpaired) electrons. The second-order valence-corrected chi connectivity index (χ2v) is 4.75. The van der Waals surface area contributed by atoms with E-state index in [1.54, 1.807) is 0 Å². The topological polar surface area (TPSA) is 74.2 Å². The van der Waals surface area contributed by atoms with Crippen molar-refractivity contribution in [3.63, 3.8) is 0 Å². The Balaban J connectivity index is 2.08. The Bertz CT molecular complexity index is 345. The first kappa shape index (κ1) is 12.5. The summed E-state index contributed by atoms with van der Waals surface area (Å²) in [5, 5.41) is 4.09. The Morgan fingerprint density at radius 2 is 2.12 bits per heavy atom. The summed E-state index contributed by atoms with van der Waals surface area (Å²) >= 11 is 0. The van der Waals surface area contributed by atoms with E-state index in [1.165, 1.54) is 0 Å². The first-order chi connectivity index (χ1) is 8.22. The summed E-state index contributed by atoms with van der Waals surface area (Å²) in [4.78, 5) is 4.51. The van der Waals surface area contributed by atoms with Gasteiger partial charge >= 0.3 is 0 Å². The number of nitrogens with zero attached hydrogens (tertiary/aromatic N) is 2. The van der Waals surface area contributed by atoms with Crippen LogP contribution in [0.2, 0.25) is 0 Å². The van der Waals surface area contributed by atoms with Gasteiger partial charge in [0.2, 0.25) is 5.89 Å². The largest absolute Gasteiger partial charge is 0.381 e. The summed E-state index contributed by atoms with van der Waals surface area (Å²) in [5.74, 6) is 2.05. The fourth-order valence-electron chi connectivity index (χ4n) is 2.29. The number of hydrogen-bond donors (Lipinski definition) is 1. The van der Waals surface area contributed by atoms with E-state index in [4.69, 9.17) is 15.0 Å². The summed E-state index contributed by atoms with van der Waals surface area (Å²) in [6, 6.07) is 0.0444. The maximum atomic E-state index is 5.92. The molecule has 0 aromatic carbocycles. The highest BCUT2D eigenvalue weighted by molar-refractivity contribution is 5.01. The molecule has 2 N–H and O–H groups in total. The standard InChI is InChI=1S/C12H21N3O2/c1-3-10(8(2)13)12-14-11(15-17-12)9-4-6-16-7-5-9/h8-10H,3-7,13H2,1-2H3. The Labute approximate surface area is 102 Å². The van der Waals surface area contributed by atoms with E-state index in [0.717, 1.165) is 38.3 Å². The lowest BCUT2D eigenvalue weighted by atomic mass is 9.98. The first-order valence-corrected chi connectivity index (χ1v) is 6.39. The molecular formula is C12H21N3O2. The highest BCUT2D eigenvalue weighted by Gasteiger charge is 2.25. The molecule has 2 rings (SSSR count). The molecule has 1 aliphatic rings. The molecule has 0 bridgehead atoms. The van der Waals surface area contributed by atoms with Gasteiger partial charge in [-0.25, -0.2) is 0 Å². The number of rotatable bonds is 4. The van der Waals surface area contributed by atoms with Crippen LogP contribution >= 0.6 is 0 Å². The lowest BCUT2D eigenvalue weighted by molar-refractivity contribution is 0.0830. The van der Waals surface area contributed by atoms with Gasteiger partial charge in [-0.15, -0.1) is 0 Å². The predicted octanol–water partition coefficient (Wildman–Crippen LogP) is 1.80. The van der Waals surface area contributed by atoms with Gasteiger partial charge in [-0.3, -0.25) is 0 Å². The number of nitrogens with two attached hydrogens (primary N) is 1. The smallest absolute Gasteiger partial charge is 0.231 e. The molecule has 1 aliphatic heterocycles. The van der Waals surface area contributed by atoms with Crippen LogP contribution < -0.4 is 5.73 Å². The highest BCUT2D eigenvalue weighted by Crippen LogP contribution is 2.27. The van der Waals surface area contributed by atoms with Crippen LogP contribution in [0.3, 0.4) is 0 Å². The van der Waals surface area contributed by atoms with Gasteiger partial charge < -0.3 is 15.0 Å². The van der Waals surface area contributed by atoms with Gasteiger partial charge in [0.15, 0.2) is 5.82 Å². The zero-order valence-electron chi connectivity index (χ0n) is 10.6. The summed E-state index contributed by atoms with van der Waals surface area (Å²) in [7, 11) is 0. The Hall–Kier alpha value is -0.940. The third-order valence-corrected chi connectivity index (χ3v) is 3.44. The van der Waals surface area contributed by atoms with E-state index >= 15 is 0 Å². The number of hydrogen-bond acceptors (Lipinski definition) is 5. The molecule has 5 heteroatoms. The quantitative estimate of drug-likeness (QED) is 0.867. The third-order valence-electron chi connectivity index (χ3n) is 3.44. The van der Waals surface area contributed by atoms with E-state index in [2.05, 4.69) is 17.1 Å². The SMILES string of the molecule is CCC(c1nc(C2CCOCC2)no1)C(C)N. The number of aromatic nitrogens is 2. The molecule has 1 aromatic heterocycles. The van der Waals surface area contributed by atoms with Crippen LogP contribution in [0.1, 0.15) is 56.7 Å². The molecule has 1 fully saturated rings. The van der Waals surface area contributed by atoms with Crippen molar-refractivity contribution in [3.05, 3.63) is 11.7 Å². The lowest BCUT2D eigenvalue weighted by Gasteiger charge is -2.18. The van der Waals surface area contributed by atoms with E-state index in [1.807, 2.05) is 6.92 Å². The molecule has 1 aromatic rings. The molecule has 1 saturated heterocycles. The normalized spacial score (nSPS) is 21.4. The van der Waals surface area contributed by atoms with Crippen molar-refractivity contribution in [1.29, 1.82) is 0 Å². The van der Waals surface area contributed by atoms with Gasteiger partial charge in [-0.1, -0.05) is 12.1 Å². The minimum Gasteiger partial charge on any atom is -0.381 e. The monoisotopic (exact) mass is 239 g/mol. The number of ether oxygens (including phenoxy) is 1. The van der Waals surface area contributed by atoms with E-state index in [9.17, 15) is 0 Å². The van der Waals surface area contributed by atoms with Crippen molar-refractivity contribution >= 4 is 0 Å². The van der Waals surface area contributed by atoms with Gasteiger partial charge in [0.05, 0.1) is 5.92 Å². The summed E-state index contributed by atoms with van der Waals surface area (Å²) < 4.78 is 10.7. The highest BCUT2D eigenvalue weighted by atomic mass is 16.5. The first-order valence-electron chi connectivity index (χ1n) is 6.39. The minimum atomic E-state index is 0.0444. The van der Waals surface area contributed by atoms with Crippen LogP contribution in [0.15, 0.2) is 4.52 Å². The lowest BCUT2D eigenvalue weighted by Crippen LogP contribution is -2.24. The molecule has 17 heavy (non-hydrogen) atoms. The minimum absolute atomic E-state index is 0.0444. The van der Waals surface area contributed by atoms with Crippen LogP contribution in [0, 0.1) is 0 Å². The van der Waals surface area contributed by atoms with Gasteiger partial charge in [0, 0.05) is 25.2 Å². The van der Waals surface area contributed by atoms with E-state index in [0.29, 0.717) is 11.8 Å². The molecule has 0 saturated carbocycles. The van der Waals surface area contributed by atoms with Gasteiger partial charge in [0.1, 0.15) is 0 Å². The van der Waals surface area contributed by atoms with Crippen LogP contribution in [0.25, 0.3) is 0 Å². The van der Waals surface area contributed by atoms with Crippen LogP contribution in [-0.4, -0.2) is 29.4 Å². The summed E-state index contributed by atoms with van der Waals surface area (Å²) in [6.45, 7) is 5.65. The predicted molar refractivity (Wildman–Crippen MR) is 63.8 cm³/mol. The van der Waals surface area contributed by atoms with Crippen molar-refractivity contribution in [1.82, 2.24) is 10.1 Å². The maximum absolute atomic E-state index is 5.92.